The second-order valence-electron chi connectivity index (χ2n) is 7.24. The van der Waals surface area contributed by atoms with Crippen LogP contribution in [0.5, 0.6) is 5.75 Å². The van der Waals surface area contributed by atoms with Crippen molar-refractivity contribution >= 4 is 0 Å². The number of benzene rings is 1. The molecule has 1 aromatic carbocycles. The third-order valence-electron chi connectivity index (χ3n) is 5.05. The minimum atomic E-state index is -4.80. The monoisotopic (exact) mass is 396 g/mol. The number of rotatable bonds is 6. The molecule has 2 aliphatic carbocycles. The lowest BCUT2D eigenvalue weighted by Crippen LogP contribution is -2.25. The number of alkyl halides is 3. The number of aliphatic hydroxyl groups excluding tert-OH is 1. The van der Waals surface area contributed by atoms with Gasteiger partial charge in [-0.25, -0.2) is 0 Å². The van der Waals surface area contributed by atoms with Gasteiger partial charge in [-0.1, -0.05) is 17.3 Å². The van der Waals surface area contributed by atoms with Crippen LogP contribution in [-0.4, -0.2) is 28.8 Å². The molecule has 0 saturated heterocycles. The van der Waals surface area contributed by atoms with Crippen molar-refractivity contribution in [1.29, 1.82) is 0 Å². The van der Waals surface area contributed by atoms with E-state index in [-0.39, 0.29) is 29.9 Å². The first-order valence-corrected chi connectivity index (χ1v) is 9.37. The molecule has 2 atom stereocenters. The molecule has 0 bridgehead atoms. The molecular weight excluding hydrogens is 375 g/mol. The van der Waals surface area contributed by atoms with E-state index in [4.69, 9.17) is 9.26 Å². The summed E-state index contributed by atoms with van der Waals surface area (Å²) in [6.07, 6.45) is 0.500. The highest BCUT2D eigenvalue weighted by molar-refractivity contribution is 5.70. The molecule has 4 rings (SSSR count). The van der Waals surface area contributed by atoms with E-state index >= 15 is 0 Å². The third kappa shape index (κ3) is 4.50. The molecule has 0 aliphatic heterocycles. The number of halogens is 3. The van der Waals surface area contributed by atoms with Gasteiger partial charge in [-0.05, 0) is 50.7 Å². The van der Waals surface area contributed by atoms with E-state index in [1.165, 1.54) is 18.2 Å². The van der Waals surface area contributed by atoms with Crippen LogP contribution in [0.25, 0.3) is 11.3 Å². The van der Waals surface area contributed by atoms with Gasteiger partial charge in [0.2, 0.25) is 0 Å². The van der Waals surface area contributed by atoms with Gasteiger partial charge in [0.05, 0.1) is 18.8 Å². The van der Waals surface area contributed by atoms with Gasteiger partial charge in [0.25, 0.3) is 0 Å². The Morgan fingerprint density at radius 3 is 2.61 bits per heavy atom. The van der Waals surface area contributed by atoms with Crippen LogP contribution in [0.1, 0.15) is 49.3 Å². The van der Waals surface area contributed by atoms with Crippen LogP contribution in [0.2, 0.25) is 0 Å². The zero-order valence-corrected chi connectivity index (χ0v) is 15.1. The zero-order valence-electron chi connectivity index (χ0n) is 15.1. The summed E-state index contributed by atoms with van der Waals surface area (Å²) in [4.78, 5) is 0. The van der Waals surface area contributed by atoms with Gasteiger partial charge in [-0.3, -0.25) is 0 Å². The fourth-order valence-electron chi connectivity index (χ4n) is 3.47. The van der Waals surface area contributed by atoms with Gasteiger partial charge < -0.3 is 19.1 Å². The Kier molecular flexibility index (Phi) is 5.33. The number of ether oxygens (including phenoxy) is 2. The molecule has 1 aromatic heterocycles. The number of para-hydroxylation sites is 1. The molecule has 2 aliphatic rings. The molecule has 2 aromatic rings. The molecule has 8 heteroatoms. The van der Waals surface area contributed by atoms with Gasteiger partial charge in [0.15, 0.2) is 0 Å². The van der Waals surface area contributed by atoms with Gasteiger partial charge in [-0.2, -0.15) is 0 Å². The highest BCUT2D eigenvalue weighted by Crippen LogP contribution is 2.45. The predicted molar refractivity (Wildman–Crippen MR) is 93.3 cm³/mol. The van der Waals surface area contributed by atoms with Crippen molar-refractivity contribution in [2.45, 2.75) is 63.2 Å². The minimum absolute atomic E-state index is 0.0418. The van der Waals surface area contributed by atoms with Crippen molar-refractivity contribution in [3.05, 3.63) is 42.0 Å². The molecule has 1 N–H and O–H groups in total. The molecule has 5 nitrogen and oxygen atoms in total. The van der Waals surface area contributed by atoms with Crippen LogP contribution in [0, 0.1) is 6.42 Å². The van der Waals surface area contributed by atoms with Gasteiger partial charge in [0, 0.05) is 17.0 Å². The van der Waals surface area contributed by atoms with Crippen LogP contribution in [0.15, 0.2) is 28.8 Å². The molecule has 0 spiro atoms. The summed E-state index contributed by atoms with van der Waals surface area (Å²) in [5.74, 6) is 0.591. The molecule has 2 fully saturated rings. The normalized spacial score (nSPS) is 23.0. The Balaban J connectivity index is 1.60. The molecule has 1 heterocycles. The quantitative estimate of drug-likeness (QED) is 0.763. The fourth-order valence-corrected chi connectivity index (χ4v) is 3.47. The highest BCUT2D eigenvalue weighted by atomic mass is 19.4. The number of aliphatic hydroxyl groups is 1. The summed E-state index contributed by atoms with van der Waals surface area (Å²) in [7, 11) is 0. The summed E-state index contributed by atoms with van der Waals surface area (Å²) in [5.41, 5.74) is 1.22. The summed E-state index contributed by atoms with van der Waals surface area (Å²) in [5, 5.41) is 13.6. The maximum absolute atomic E-state index is 12.8. The summed E-state index contributed by atoms with van der Waals surface area (Å²) >= 11 is 0. The number of hydrogen-bond donors (Lipinski definition) is 1. The third-order valence-corrected chi connectivity index (χ3v) is 5.05. The van der Waals surface area contributed by atoms with E-state index in [0.717, 1.165) is 19.3 Å². The largest absolute Gasteiger partial charge is 0.573 e. The highest BCUT2D eigenvalue weighted by Gasteiger charge is 2.36. The summed E-state index contributed by atoms with van der Waals surface area (Å²) in [6, 6.07) is 5.90. The van der Waals surface area contributed by atoms with Gasteiger partial charge in [0.1, 0.15) is 17.2 Å². The van der Waals surface area contributed by atoms with Crippen molar-refractivity contribution in [1.82, 2.24) is 5.16 Å². The minimum Gasteiger partial charge on any atom is -0.405 e. The van der Waals surface area contributed by atoms with Gasteiger partial charge in [-0.15, -0.1) is 13.2 Å². The first-order chi connectivity index (χ1) is 13.4. The zero-order chi connectivity index (χ0) is 19.7. The van der Waals surface area contributed by atoms with E-state index in [0.29, 0.717) is 29.9 Å². The predicted octanol–water partition coefficient (Wildman–Crippen LogP) is 4.75. The van der Waals surface area contributed by atoms with Crippen molar-refractivity contribution in [2.24, 2.45) is 0 Å². The molecule has 0 unspecified atom stereocenters. The Hall–Kier alpha value is -2.06. The first kappa shape index (κ1) is 19.3. The van der Waals surface area contributed by atoms with Crippen LogP contribution in [0.3, 0.4) is 0 Å². The van der Waals surface area contributed by atoms with Crippen LogP contribution in [-0.2, 0) is 11.3 Å². The first-order valence-electron chi connectivity index (χ1n) is 9.37. The average molecular weight is 396 g/mol. The molecule has 2 saturated carbocycles. The Labute approximate surface area is 160 Å². The fraction of sp³-hybridized carbons (Fsp3) is 0.500. The number of nitrogens with zero attached hydrogens (tertiary/aromatic N) is 1. The van der Waals surface area contributed by atoms with E-state index in [1.807, 2.05) is 6.42 Å². The van der Waals surface area contributed by atoms with E-state index < -0.39 is 12.5 Å². The molecule has 28 heavy (non-hydrogen) atoms. The van der Waals surface area contributed by atoms with E-state index in [1.54, 1.807) is 6.07 Å². The molecular formula is C20H21F3NO4. The average Bonchev–Trinajstić information content (AvgIpc) is 3.40. The summed E-state index contributed by atoms with van der Waals surface area (Å²) < 4.78 is 54.0. The second-order valence-corrected chi connectivity index (χ2v) is 7.24. The lowest BCUT2D eigenvalue weighted by Gasteiger charge is -2.25. The van der Waals surface area contributed by atoms with Crippen LogP contribution in [0.4, 0.5) is 13.2 Å². The van der Waals surface area contributed by atoms with Crippen molar-refractivity contribution in [3.8, 4) is 17.0 Å². The molecule has 151 valence electrons. The lowest BCUT2D eigenvalue weighted by molar-refractivity contribution is -0.274. The maximum atomic E-state index is 12.8. The maximum Gasteiger partial charge on any atom is 0.573 e. The van der Waals surface area contributed by atoms with Crippen LogP contribution < -0.4 is 4.74 Å². The topological polar surface area (TPSA) is 64.7 Å². The Morgan fingerprint density at radius 1 is 1.14 bits per heavy atom. The SMILES string of the molecule is O[C@H]1[CH]C[C@H](OCc2c(-c3ccccc3OC(F)(F)F)noc2C2CC2)CC1. The van der Waals surface area contributed by atoms with Crippen molar-refractivity contribution in [2.75, 3.05) is 0 Å². The second kappa shape index (κ2) is 7.75. The molecule has 0 amide bonds. The molecule has 1 radical (unpaired) electrons. The number of hydrogen-bond acceptors (Lipinski definition) is 5. The van der Waals surface area contributed by atoms with E-state index in [9.17, 15) is 18.3 Å². The van der Waals surface area contributed by atoms with Gasteiger partial charge >= 0.3 is 6.36 Å². The van der Waals surface area contributed by atoms with Crippen molar-refractivity contribution < 1.29 is 32.3 Å². The standard InChI is InChI=1S/C20H21F3NO4/c21-20(22,23)27-17-4-2-1-3-15(17)18-16(19(28-24-18)12-5-6-12)11-26-14-9-7-13(25)8-10-14/h1-4,7,12-14,25H,5-6,8-11H2/t13-,14-/m0/s1. The van der Waals surface area contributed by atoms with Crippen LogP contribution >= 0.6 is 0 Å². The lowest BCUT2D eigenvalue weighted by atomic mass is 9.95. The smallest absolute Gasteiger partial charge is 0.405 e. The van der Waals surface area contributed by atoms with E-state index in [2.05, 4.69) is 9.89 Å². The summed E-state index contributed by atoms with van der Waals surface area (Å²) in [6.45, 7) is 0.194. The Bertz CT molecular complexity index is 808. The number of aromatic nitrogens is 1. The Morgan fingerprint density at radius 2 is 1.93 bits per heavy atom. The van der Waals surface area contributed by atoms with Crippen molar-refractivity contribution in [3.63, 3.8) is 0 Å².